The Morgan fingerprint density at radius 3 is 2.58 bits per heavy atom. The third kappa shape index (κ3) is 3.62. The van der Waals surface area contributed by atoms with Gasteiger partial charge in [-0.25, -0.2) is 4.39 Å². The lowest BCUT2D eigenvalue weighted by Gasteiger charge is -2.19. The van der Waals surface area contributed by atoms with Crippen LogP contribution in [0.2, 0.25) is 10.0 Å². The Morgan fingerprint density at radius 1 is 1.16 bits per heavy atom. The van der Waals surface area contributed by atoms with Crippen LogP contribution in [0.3, 0.4) is 0 Å². The van der Waals surface area contributed by atoms with E-state index in [0.717, 1.165) is 12.0 Å². The van der Waals surface area contributed by atoms with Crippen molar-refractivity contribution in [3.05, 3.63) is 63.9 Å². The van der Waals surface area contributed by atoms with E-state index in [1.54, 1.807) is 12.1 Å². The largest absolute Gasteiger partial charge is 0.378 e. The first-order valence-electron chi connectivity index (χ1n) is 6.07. The molecule has 1 atom stereocenters. The quantitative estimate of drug-likeness (QED) is 0.764. The van der Waals surface area contributed by atoms with Crippen molar-refractivity contribution in [2.75, 3.05) is 5.32 Å². The highest BCUT2D eigenvalue weighted by Crippen LogP contribution is 2.26. The normalized spacial score (nSPS) is 12.2. The molecule has 0 fully saturated rings. The second-order valence-electron chi connectivity index (χ2n) is 4.29. The highest BCUT2D eigenvalue weighted by atomic mass is 35.5. The van der Waals surface area contributed by atoms with Crippen LogP contribution in [-0.2, 0) is 0 Å². The number of hydrogen-bond acceptors (Lipinski definition) is 1. The first-order chi connectivity index (χ1) is 9.10. The van der Waals surface area contributed by atoms with Gasteiger partial charge in [-0.15, -0.1) is 0 Å². The summed E-state index contributed by atoms with van der Waals surface area (Å²) < 4.78 is 13.4. The van der Waals surface area contributed by atoms with Crippen molar-refractivity contribution < 1.29 is 4.39 Å². The third-order valence-corrected chi connectivity index (χ3v) is 3.46. The second kappa shape index (κ2) is 6.27. The molecule has 1 N–H and O–H groups in total. The summed E-state index contributed by atoms with van der Waals surface area (Å²) in [5.74, 6) is -0.424. The summed E-state index contributed by atoms with van der Waals surface area (Å²) in [6, 6.07) is 12.4. The summed E-state index contributed by atoms with van der Waals surface area (Å²) in [6.45, 7) is 2.06. The van der Waals surface area contributed by atoms with Gasteiger partial charge in [0.25, 0.3) is 0 Å². The van der Waals surface area contributed by atoms with E-state index >= 15 is 0 Å². The molecule has 0 radical (unpaired) electrons. The molecule has 0 amide bonds. The van der Waals surface area contributed by atoms with E-state index < -0.39 is 5.82 Å². The van der Waals surface area contributed by atoms with Crippen molar-refractivity contribution in [3.63, 3.8) is 0 Å². The van der Waals surface area contributed by atoms with E-state index in [-0.39, 0.29) is 11.1 Å². The molecule has 1 unspecified atom stereocenters. The highest BCUT2D eigenvalue weighted by Gasteiger charge is 2.10. The molecule has 2 aromatic carbocycles. The number of halogens is 3. The maximum Gasteiger partial charge on any atom is 0.143 e. The molecule has 1 nitrogen and oxygen atoms in total. The van der Waals surface area contributed by atoms with E-state index in [4.69, 9.17) is 23.2 Å². The minimum absolute atomic E-state index is 0.0827. The Labute approximate surface area is 122 Å². The Balaban J connectivity index is 2.21. The standard InChI is InChI=1S/C15H14Cl2FN/c1-2-15(10-4-3-5-11(16)8-10)19-12-6-7-13(17)14(18)9-12/h3-9,15,19H,2H2,1H3. The van der Waals surface area contributed by atoms with Gasteiger partial charge in [0.2, 0.25) is 0 Å². The fourth-order valence-electron chi connectivity index (χ4n) is 1.93. The van der Waals surface area contributed by atoms with Crippen molar-refractivity contribution >= 4 is 28.9 Å². The summed E-state index contributed by atoms with van der Waals surface area (Å²) in [5.41, 5.74) is 1.78. The van der Waals surface area contributed by atoms with Crippen molar-refractivity contribution in [2.24, 2.45) is 0 Å². The molecule has 0 saturated carbocycles. The smallest absolute Gasteiger partial charge is 0.143 e. The van der Waals surface area contributed by atoms with Crippen LogP contribution in [0.15, 0.2) is 42.5 Å². The molecule has 100 valence electrons. The monoisotopic (exact) mass is 297 g/mol. The second-order valence-corrected chi connectivity index (χ2v) is 5.13. The van der Waals surface area contributed by atoms with Crippen molar-refractivity contribution in [2.45, 2.75) is 19.4 Å². The number of rotatable bonds is 4. The first-order valence-corrected chi connectivity index (χ1v) is 6.82. The molecule has 0 bridgehead atoms. The molecular weight excluding hydrogens is 284 g/mol. The van der Waals surface area contributed by atoms with Gasteiger partial charge in [0.05, 0.1) is 11.1 Å². The molecule has 0 heterocycles. The van der Waals surface area contributed by atoms with Crippen molar-refractivity contribution in [1.29, 1.82) is 0 Å². The van der Waals surface area contributed by atoms with Gasteiger partial charge in [0.1, 0.15) is 5.82 Å². The van der Waals surface area contributed by atoms with E-state index in [2.05, 4.69) is 12.2 Å². The lowest BCUT2D eigenvalue weighted by atomic mass is 10.0. The molecule has 0 saturated heterocycles. The van der Waals surface area contributed by atoms with Crippen LogP contribution < -0.4 is 5.32 Å². The van der Waals surface area contributed by atoms with Crippen molar-refractivity contribution in [1.82, 2.24) is 0 Å². The molecular formula is C15H14Cl2FN. The van der Waals surface area contributed by atoms with Gasteiger partial charge < -0.3 is 5.32 Å². The fourth-order valence-corrected chi connectivity index (χ4v) is 2.25. The summed E-state index contributed by atoms with van der Waals surface area (Å²) in [6.07, 6.45) is 0.866. The Hall–Kier alpha value is -1.25. The van der Waals surface area contributed by atoms with Gasteiger partial charge in [-0.2, -0.15) is 0 Å². The number of anilines is 1. The van der Waals surface area contributed by atoms with Crippen LogP contribution >= 0.6 is 23.2 Å². The van der Waals surface area contributed by atoms with Crippen LogP contribution in [0.5, 0.6) is 0 Å². The fraction of sp³-hybridized carbons (Fsp3) is 0.200. The molecule has 2 aromatic rings. The van der Waals surface area contributed by atoms with Gasteiger partial charge >= 0.3 is 0 Å². The molecule has 0 aliphatic rings. The minimum atomic E-state index is -0.424. The predicted molar refractivity (Wildman–Crippen MR) is 79.5 cm³/mol. The molecule has 19 heavy (non-hydrogen) atoms. The molecule has 0 aromatic heterocycles. The topological polar surface area (TPSA) is 12.0 Å². The van der Waals surface area contributed by atoms with Gasteiger partial charge in [-0.05, 0) is 42.3 Å². The van der Waals surface area contributed by atoms with Crippen molar-refractivity contribution in [3.8, 4) is 0 Å². The Morgan fingerprint density at radius 2 is 1.95 bits per heavy atom. The lowest BCUT2D eigenvalue weighted by molar-refractivity contribution is 0.628. The SMILES string of the molecule is CCC(Nc1ccc(Cl)c(F)c1)c1cccc(Cl)c1. The zero-order chi connectivity index (χ0) is 13.8. The third-order valence-electron chi connectivity index (χ3n) is 2.92. The molecule has 0 aliphatic carbocycles. The summed E-state index contributed by atoms with van der Waals surface area (Å²) in [5, 5.41) is 4.10. The maximum absolute atomic E-state index is 13.4. The Kier molecular flexibility index (Phi) is 4.67. The molecule has 2 rings (SSSR count). The minimum Gasteiger partial charge on any atom is -0.378 e. The van der Waals surface area contributed by atoms with Gasteiger partial charge in [0.15, 0.2) is 0 Å². The molecule has 0 aliphatic heterocycles. The predicted octanol–water partition coefficient (Wildman–Crippen LogP) is 5.70. The van der Waals surface area contributed by atoms with Crippen LogP contribution in [-0.4, -0.2) is 0 Å². The zero-order valence-corrected chi connectivity index (χ0v) is 12.0. The summed E-state index contributed by atoms with van der Waals surface area (Å²) in [4.78, 5) is 0. The first kappa shape index (κ1) is 14.2. The van der Waals surface area contributed by atoms with Gasteiger partial charge in [-0.1, -0.05) is 42.3 Å². The average molecular weight is 298 g/mol. The van der Waals surface area contributed by atoms with Crippen LogP contribution in [0.1, 0.15) is 24.9 Å². The van der Waals surface area contributed by atoms with E-state index in [1.165, 1.54) is 6.07 Å². The van der Waals surface area contributed by atoms with E-state index in [9.17, 15) is 4.39 Å². The van der Waals surface area contributed by atoms with Gasteiger partial charge in [0, 0.05) is 10.7 Å². The summed E-state index contributed by atoms with van der Waals surface area (Å²) >= 11 is 11.7. The number of nitrogens with one attached hydrogen (secondary N) is 1. The van der Waals surface area contributed by atoms with Gasteiger partial charge in [-0.3, -0.25) is 0 Å². The molecule has 0 spiro atoms. The Bertz CT molecular complexity index is 572. The maximum atomic E-state index is 13.4. The van der Waals surface area contributed by atoms with E-state index in [1.807, 2.05) is 24.3 Å². The van der Waals surface area contributed by atoms with Crippen LogP contribution in [0, 0.1) is 5.82 Å². The zero-order valence-electron chi connectivity index (χ0n) is 10.5. The number of benzene rings is 2. The van der Waals surface area contributed by atoms with E-state index in [0.29, 0.717) is 10.7 Å². The average Bonchev–Trinajstić information content (AvgIpc) is 2.40. The summed E-state index contributed by atoms with van der Waals surface area (Å²) in [7, 11) is 0. The molecule has 4 heteroatoms. The van der Waals surface area contributed by atoms with Crippen LogP contribution in [0.25, 0.3) is 0 Å². The van der Waals surface area contributed by atoms with Crippen LogP contribution in [0.4, 0.5) is 10.1 Å². The highest BCUT2D eigenvalue weighted by molar-refractivity contribution is 6.31. The lowest BCUT2D eigenvalue weighted by Crippen LogP contribution is -2.09. The number of hydrogen-bond donors (Lipinski definition) is 1.